The third-order valence-electron chi connectivity index (χ3n) is 4.76. The van der Waals surface area contributed by atoms with E-state index in [9.17, 15) is 14.7 Å². The highest BCUT2D eigenvalue weighted by Crippen LogP contribution is 2.41. The Labute approximate surface area is 160 Å². The van der Waals surface area contributed by atoms with E-state index in [1.165, 1.54) is 35.4 Å². The third kappa shape index (κ3) is 2.96. The second-order valence-electron chi connectivity index (χ2n) is 6.31. The number of nitrogens with zero attached hydrogens (tertiary/aromatic N) is 3. The molecule has 0 bridgehead atoms. The van der Waals surface area contributed by atoms with Crippen molar-refractivity contribution in [1.29, 1.82) is 0 Å². The summed E-state index contributed by atoms with van der Waals surface area (Å²) in [6, 6.07) is 3.29. The highest BCUT2D eigenvalue weighted by atomic mass is 16.5. The summed E-state index contributed by atoms with van der Waals surface area (Å²) >= 11 is 0. The van der Waals surface area contributed by atoms with Crippen LogP contribution in [0.25, 0.3) is 0 Å². The van der Waals surface area contributed by atoms with Crippen LogP contribution in [0.15, 0.2) is 26.8 Å². The lowest BCUT2D eigenvalue weighted by molar-refractivity contribution is 0.323. The number of aromatic nitrogens is 2. The van der Waals surface area contributed by atoms with Gasteiger partial charge in [0.25, 0.3) is 5.56 Å². The molecule has 10 heteroatoms. The average Bonchev–Trinajstić information content (AvgIpc) is 3.19. The number of aromatic hydroxyl groups is 1. The van der Waals surface area contributed by atoms with E-state index < -0.39 is 17.1 Å². The summed E-state index contributed by atoms with van der Waals surface area (Å²) in [5.74, 6) is 1.04. The SMILES string of the molecule is COc1cc([C@H]2CC(c3c(O)n(C)c(=O)n(C)c3=O)=NN2)cc(OC)c1OC. The van der Waals surface area contributed by atoms with E-state index in [0.29, 0.717) is 29.4 Å². The minimum Gasteiger partial charge on any atom is -0.494 e. The maximum atomic E-state index is 12.5. The summed E-state index contributed by atoms with van der Waals surface area (Å²) in [4.78, 5) is 24.4. The summed E-state index contributed by atoms with van der Waals surface area (Å²) in [6.45, 7) is 0. The largest absolute Gasteiger partial charge is 0.494 e. The van der Waals surface area contributed by atoms with Crippen molar-refractivity contribution in [2.24, 2.45) is 19.2 Å². The lowest BCUT2D eigenvalue weighted by Gasteiger charge is -2.17. The number of rotatable bonds is 5. The fourth-order valence-electron chi connectivity index (χ4n) is 3.18. The summed E-state index contributed by atoms with van der Waals surface area (Å²) in [5.41, 5.74) is 2.89. The molecule has 0 amide bonds. The van der Waals surface area contributed by atoms with E-state index >= 15 is 0 Å². The van der Waals surface area contributed by atoms with Crippen molar-refractivity contribution in [2.45, 2.75) is 12.5 Å². The Morgan fingerprint density at radius 1 is 1.07 bits per heavy atom. The van der Waals surface area contributed by atoms with Gasteiger partial charge in [0.05, 0.1) is 33.1 Å². The highest BCUT2D eigenvalue weighted by Gasteiger charge is 2.29. The minimum atomic E-state index is -0.612. The van der Waals surface area contributed by atoms with Gasteiger partial charge >= 0.3 is 5.69 Å². The number of nitrogens with one attached hydrogen (secondary N) is 1. The zero-order chi connectivity index (χ0) is 20.6. The van der Waals surface area contributed by atoms with Crippen LogP contribution in [0.4, 0.5) is 0 Å². The van der Waals surface area contributed by atoms with Crippen LogP contribution in [-0.2, 0) is 14.1 Å². The van der Waals surface area contributed by atoms with Crippen LogP contribution in [0.2, 0.25) is 0 Å². The van der Waals surface area contributed by atoms with Crippen molar-refractivity contribution in [3.8, 4) is 23.1 Å². The van der Waals surface area contributed by atoms with E-state index in [1.807, 2.05) is 0 Å². The van der Waals surface area contributed by atoms with Gasteiger partial charge in [0.1, 0.15) is 5.56 Å². The van der Waals surface area contributed by atoms with Crippen LogP contribution in [0.1, 0.15) is 23.6 Å². The quantitative estimate of drug-likeness (QED) is 0.752. The van der Waals surface area contributed by atoms with Crippen molar-refractivity contribution >= 4 is 5.71 Å². The zero-order valence-corrected chi connectivity index (χ0v) is 16.3. The maximum absolute atomic E-state index is 12.5. The molecule has 2 heterocycles. The first-order valence-corrected chi connectivity index (χ1v) is 8.45. The van der Waals surface area contributed by atoms with Crippen LogP contribution < -0.4 is 30.9 Å². The van der Waals surface area contributed by atoms with E-state index in [1.54, 1.807) is 12.1 Å². The van der Waals surface area contributed by atoms with Crippen LogP contribution in [-0.4, -0.2) is 41.3 Å². The van der Waals surface area contributed by atoms with Gasteiger partial charge in [-0.3, -0.25) is 13.9 Å². The molecule has 1 aliphatic heterocycles. The van der Waals surface area contributed by atoms with Crippen molar-refractivity contribution in [2.75, 3.05) is 21.3 Å². The summed E-state index contributed by atoms with van der Waals surface area (Å²) < 4.78 is 18.0. The Morgan fingerprint density at radius 3 is 2.21 bits per heavy atom. The molecule has 0 saturated heterocycles. The molecular formula is C18H22N4O6. The Morgan fingerprint density at radius 2 is 1.68 bits per heavy atom. The molecule has 0 saturated carbocycles. The third-order valence-corrected chi connectivity index (χ3v) is 4.76. The smallest absolute Gasteiger partial charge is 0.333 e. The Kier molecular flexibility index (Phi) is 5.04. The van der Waals surface area contributed by atoms with Crippen molar-refractivity contribution in [3.05, 3.63) is 44.1 Å². The normalized spacial score (nSPS) is 15.8. The van der Waals surface area contributed by atoms with Crippen molar-refractivity contribution in [3.63, 3.8) is 0 Å². The second-order valence-corrected chi connectivity index (χ2v) is 6.31. The molecule has 2 aromatic rings. The second kappa shape index (κ2) is 7.29. The first kappa shape index (κ1) is 19.3. The van der Waals surface area contributed by atoms with Gasteiger partial charge in [0.2, 0.25) is 11.6 Å². The Balaban J connectivity index is 2.00. The molecule has 3 rings (SSSR count). The number of benzene rings is 1. The first-order valence-electron chi connectivity index (χ1n) is 8.45. The standard InChI is InChI=1S/C18H22N4O6/c1-21-16(23)14(17(24)22(2)18(21)25)11-8-10(19-20-11)9-6-12(26-3)15(28-5)13(7-9)27-4/h6-7,10,19,23H,8H2,1-5H3/t10-/m1/s1. The number of hydrogen-bond acceptors (Lipinski definition) is 8. The van der Waals surface area contributed by atoms with Crippen LogP contribution in [0.5, 0.6) is 23.1 Å². The van der Waals surface area contributed by atoms with Gasteiger partial charge in [-0.1, -0.05) is 0 Å². The zero-order valence-electron chi connectivity index (χ0n) is 16.3. The molecule has 1 aliphatic rings. The summed E-state index contributed by atoms with van der Waals surface area (Å²) in [6.07, 6.45) is 0.319. The molecule has 0 spiro atoms. The number of methoxy groups -OCH3 is 3. The topological polar surface area (TPSA) is 116 Å². The molecule has 150 valence electrons. The molecule has 1 atom stereocenters. The van der Waals surface area contributed by atoms with E-state index in [2.05, 4.69) is 10.5 Å². The van der Waals surface area contributed by atoms with E-state index in [4.69, 9.17) is 14.2 Å². The fraction of sp³-hybridized carbons (Fsp3) is 0.389. The van der Waals surface area contributed by atoms with Gasteiger partial charge in [0, 0.05) is 20.5 Å². The van der Waals surface area contributed by atoms with Crippen LogP contribution >= 0.6 is 0 Å². The Bertz CT molecular complexity index is 1040. The molecule has 2 N–H and O–H groups in total. The highest BCUT2D eigenvalue weighted by molar-refractivity contribution is 6.03. The fourth-order valence-corrected chi connectivity index (χ4v) is 3.18. The number of ether oxygens (including phenoxy) is 3. The minimum absolute atomic E-state index is 0.00737. The molecule has 0 radical (unpaired) electrons. The van der Waals surface area contributed by atoms with Gasteiger partial charge in [-0.15, -0.1) is 0 Å². The molecular weight excluding hydrogens is 368 g/mol. The molecule has 1 aromatic heterocycles. The van der Waals surface area contributed by atoms with Gasteiger partial charge in [-0.25, -0.2) is 4.79 Å². The van der Waals surface area contributed by atoms with Crippen LogP contribution in [0, 0.1) is 0 Å². The summed E-state index contributed by atoms with van der Waals surface area (Å²) in [7, 11) is 7.31. The number of hydrazone groups is 1. The Hall–Kier alpha value is -3.43. The molecule has 0 aliphatic carbocycles. The molecule has 28 heavy (non-hydrogen) atoms. The first-order chi connectivity index (χ1) is 13.3. The van der Waals surface area contributed by atoms with Crippen molar-refractivity contribution < 1.29 is 19.3 Å². The van der Waals surface area contributed by atoms with E-state index in [0.717, 1.165) is 14.7 Å². The lowest BCUT2D eigenvalue weighted by atomic mass is 9.99. The monoisotopic (exact) mass is 390 g/mol. The average molecular weight is 390 g/mol. The summed E-state index contributed by atoms with van der Waals surface area (Å²) in [5, 5.41) is 14.5. The predicted octanol–water partition coefficient (Wildman–Crippen LogP) is 0.254. The number of hydrogen-bond donors (Lipinski definition) is 2. The van der Waals surface area contributed by atoms with Gasteiger partial charge in [0.15, 0.2) is 11.5 Å². The molecule has 10 nitrogen and oxygen atoms in total. The van der Waals surface area contributed by atoms with Gasteiger partial charge in [-0.2, -0.15) is 5.10 Å². The molecule has 1 aromatic carbocycles. The lowest BCUT2D eigenvalue weighted by Crippen LogP contribution is -2.39. The molecule has 0 unspecified atom stereocenters. The molecule has 0 fully saturated rings. The van der Waals surface area contributed by atoms with Gasteiger partial charge < -0.3 is 24.7 Å². The van der Waals surface area contributed by atoms with E-state index in [-0.39, 0.29) is 11.6 Å². The van der Waals surface area contributed by atoms with Gasteiger partial charge in [-0.05, 0) is 17.7 Å². The van der Waals surface area contributed by atoms with Crippen molar-refractivity contribution in [1.82, 2.24) is 14.6 Å². The predicted molar refractivity (Wildman–Crippen MR) is 102 cm³/mol. The maximum Gasteiger partial charge on any atom is 0.333 e. The van der Waals surface area contributed by atoms with Crippen LogP contribution in [0.3, 0.4) is 0 Å².